The molecule has 1 aliphatic carbocycles. The smallest absolute Gasteiger partial charge is 0.126 e. The Hall–Kier alpha value is -0.930. The second-order valence-electron chi connectivity index (χ2n) is 5.08. The molecule has 0 aromatic heterocycles. The Labute approximate surface area is 102 Å². The maximum atomic E-state index is 13.3. The van der Waals surface area contributed by atoms with E-state index >= 15 is 0 Å². The molecule has 1 aromatic rings. The molecule has 0 aliphatic heterocycles. The van der Waals surface area contributed by atoms with E-state index < -0.39 is 0 Å². The number of hydrogen-bond donors (Lipinski definition) is 2. The predicted molar refractivity (Wildman–Crippen MR) is 68.3 cm³/mol. The Morgan fingerprint density at radius 1 is 1.29 bits per heavy atom. The molecule has 2 rings (SSSR count). The average Bonchev–Trinajstić information content (AvgIpc) is 2.29. The zero-order valence-electron chi connectivity index (χ0n) is 10.2. The van der Waals surface area contributed by atoms with Gasteiger partial charge < -0.3 is 11.1 Å². The quantitative estimate of drug-likeness (QED) is 0.742. The Bertz CT molecular complexity index is 355. The SMILES string of the molecule is NCC1(CNCCc2ccccc2F)CCC1. The molecule has 0 radical (unpaired) electrons. The molecule has 0 atom stereocenters. The van der Waals surface area contributed by atoms with E-state index in [1.165, 1.54) is 25.3 Å². The van der Waals surface area contributed by atoms with Gasteiger partial charge in [0.2, 0.25) is 0 Å². The molecule has 0 bridgehead atoms. The van der Waals surface area contributed by atoms with E-state index in [2.05, 4.69) is 5.32 Å². The van der Waals surface area contributed by atoms with E-state index in [0.717, 1.165) is 31.6 Å². The van der Waals surface area contributed by atoms with Gasteiger partial charge in [-0.05, 0) is 49.4 Å². The van der Waals surface area contributed by atoms with Gasteiger partial charge in [-0.1, -0.05) is 24.6 Å². The highest BCUT2D eigenvalue weighted by Gasteiger charge is 2.34. The van der Waals surface area contributed by atoms with Crippen molar-refractivity contribution < 1.29 is 4.39 Å². The molecule has 1 saturated carbocycles. The largest absolute Gasteiger partial charge is 0.330 e. The molecular weight excluding hydrogens is 215 g/mol. The maximum absolute atomic E-state index is 13.3. The maximum Gasteiger partial charge on any atom is 0.126 e. The monoisotopic (exact) mass is 236 g/mol. The normalized spacial score (nSPS) is 17.8. The highest BCUT2D eigenvalue weighted by Crippen LogP contribution is 2.38. The molecule has 0 saturated heterocycles. The van der Waals surface area contributed by atoms with Crippen LogP contribution in [-0.2, 0) is 6.42 Å². The number of benzene rings is 1. The highest BCUT2D eigenvalue weighted by atomic mass is 19.1. The first-order valence-electron chi connectivity index (χ1n) is 6.40. The lowest BCUT2D eigenvalue weighted by Gasteiger charge is -2.41. The van der Waals surface area contributed by atoms with Crippen LogP contribution in [0.2, 0.25) is 0 Å². The van der Waals surface area contributed by atoms with Gasteiger partial charge in [-0.3, -0.25) is 0 Å². The van der Waals surface area contributed by atoms with Crippen LogP contribution in [0.3, 0.4) is 0 Å². The zero-order chi connectivity index (χ0) is 12.1. The first-order valence-corrected chi connectivity index (χ1v) is 6.40. The number of nitrogens with two attached hydrogens (primary N) is 1. The van der Waals surface area contributed by atoms with Crippen LogP contribution >= 0.6 is 0 Å². The second kappa shape index (κ2) is 5.61. The second-order valence-corrected chi connectivity index (χ2v) is 5.08. The molecule has 2 nitrogen and oxygen atoms in total. The molecule has 3 N–H and O–H groups in total. The Balaban J connectivity index is 1.71. The summed E-state index contributed by atoms with van der Waals surface area (Å²) in [5.74, 6) is -0.105. The summed E-state index contributed by atoms with van der Waals surface area (Å²) in [5.41, 5.74) is 6.90. The average molecular weight is 236 g/mol. The Morgan fingerprint density at radius 2 is 2.06 bits per heavy atom. The van der Waals surface area contributed by atoms with E-state index in [1.807, 2.05) is 12.1 Å². The van der Waals surface area contributed by atoms with Crippen LogP contribution in [0.4, 0.5) is 4.39 Å². The van der Waals surface area contributed by atoms with Crippen LogP contribution in [0.5, 0.6) is 0 Å². The van der Waals surface area contributed by atoms with Gasteiger partial charge in [0.15, 0.2) is 0 Å². The van der Waals surface area contributed by atoms with Gasteiger partial charge in [0.1, 0.15) is 5.82 Å². The molecule has 94 valence electrons. The summed E-state index contributed by atoms with van der Waals surface area (Å²) in [6.45, 7) is 2.56. The van der Waals surface area contributed by atoms with E-state index in [4.69, 9.17) is 5.73 Å². The lowest BCUT2D eigenvalue weighted by atomic mass is 9.69. The van der Waals surface area contributed by atoms with Gasteiger partial charge in [-0.25, -0.2) is 4.39 Å². The summed E-state index contributed by atoms with van der Waals surface area (Å²) >= 11 is 0. The predicted octanol–water partition coefficient (Wildman–Crippen LogP) is 2.09. The molecule has 1 fully saturated rings. The van der Waals surface area contributed by atoms with Crippen molar-refractivity contribution in [1.82, 2.24) is 5.32 Å². The Morgan fingerprint density at radius 3 is 2.65 bits per heavy atom. The van der Waals surface area contributed by atoms with Crippen molar-refractivity contribution in [2.45, 2.75) is 25.7 Å². The van der Waals surface area contributed by atoms with Crippen molar-refractivity contribution in [2.75, 3.05) is 19.6 Å². The number of nitrogens with one attached hydrogen (secondary N) is 1. The standard InChI is InChI=1S/C14H21FN2/c15-13-5-2-1-4-12(13)6-9-17-11-14(10-16)7-3-8-14/h1-2,4-5,17H,3,6-11,16H2. The summed E-state index contributed by atoms with van der Waals surface area (Å²) in [5, 5.41) is 3.41. The number of rotatable bonds is 6. The molecule has 0 heterocycles. The van der Waals surface area contributed by atoms with Crippen LogP contribution in [0.25, 0.3) is 0 Å². The summed E-state index contributed by atoms with van der Waals surface area (Å²) in [6.07, 6.45) is 4.51. The van der Waals surface area contributed by atoms with Crippen LogP contribution in [0.1, 0.15) is 24.8 Å². The number of halogens is 1. The molecule has 0 unspecified atom stereocenters. The van der Waals surface area contributed by atoms with E-state index in [9.17, 15) is 4.39 Å². The van der Waals surface area contributed by atoms with Crippen LogP contribution in [0.15, 0.2) is 24.3 Å². The van der Waals surface area contributed by atoms with E-state index in [1.54, 1.807) is 6.07 Å². The van der Waals surface area contributed by atoms with Crippen LogP contribution in [0, 0.1) is 11.2 Å². The van der Waals surface area contributed by atoms with Crippen molar-refractivity contribution in [1.29, 1.82) is 0 Å². The van der Waals surface area contributed by atoms with Gasteiger partial charge >= 0.3 is 0 Å². The fraction of sp³-hybridized carbons (Fsp3) is 0.571. The third-order valence-electron chi connectivity index (χ3n) is 3.88. The molecule has 0 amide bonds. The summed E-state index contributed by atoms with van der Waals surface area (Å²) in [6, 6.07) is 6.97. The molecule has 0 spiro atoms. The first-order chi connectivity index (χ1) is 8.26. The van der Waals surface area contributed by atoms with Crippen molar-refractivity contribution in [3.8, 4) is 0 Å². The van der Waals surface area contributed by atoms with Gasteiger partial charge in [0.25, 0.3) is 0 Å². The molecule has 1 aliphatic rings. The lowest BCUT2D eigenvalue weighted by Crippen LogP contribution is -2.45. The van der Waals surface area contributed by atoms with Gasteiger partial charge in [0.05, 0.1) is 0 Å². The van der Waals surface area contributed by atoms with Crippen molar-refractivity contribution in [3.05, 3.63) is 35.6 Å². The topological polar surface area (TPSA) is 38.0 Å². The summed E-state index contributed by atoms with van der Waals surface area (Å²) in [4.78, 5) is 0. The summed E-state index contributed by atoms with van der Waals surface area (Å²) < 4.78 is 13.3. The number of hydrogen-bond acceptors (Lipinski definition) is 2. The van der Waals surface area contributed by atoms with Crippen molar-refractivity contribution in [2.24, 2.45) is 11.1 Å². The third-order valence-corrected chi connectivity index (χ3v) is 3.88. The van der Waals surface area contributed by atoms with Crippen molar-refractivity contribution in [3.63, 3.8) is 0 Å². The minimum absolute atomic E-state index is 0.105. The van der Waals surface area contributed by atoms with Crippen LogP contribution < -0.4 is 11.1 Å². The minimum atomic E-state index is -0.105. The molecule has 3 heteroatoms. The molecule has 1 aromatic carbocycles. The van der Waals surface area contributed by atoms with E-state index in [-0.39, 0.29) is 5.82 Å². The van der Waals surface area contributed by atoms with Gasteiger partial charge in [-0.15, -0.1) is 0 Å². The molecular formula is C14H21FN2. The fourth-order valence-corrected chi connectivity index (χ4v) is 2.41. The summed E-state index contributed by atoms with van der Waals surface area (Å²) in [7, 11) is 0. The lowest BCUT2D eigenvalue weighted by molar-refractivity contribution is 0.141. The fourth-order valence-electron chi connectivity index (χ4n) is 2.41. The van der Waals surface area contributed by atoms with Gasteiger partial charge in [-0.2, -0.15) is 0 Å². The first kappa shape index (κ1) is 12.5. The highest BCUT2D eigenvalue weighted by molar-refractivity contribution is 5.17. The Kier molecular flexibility index (Phi) is 4.13. The zero-order valence-corrected chi connectivity index (χ0v) is 10.2. The minimum Gasteiger partial charge on any atom is -0.330 e. The van der Waals surface area contributed by atoms with Crippen LogP contribution in [-0.4, -0.2) is 19.6 Å². The molecule has 17 heavy (non-hydrogen) atoms. The van der Waals surface area contributed by atoms with Gasteiger partial charge in [0, 0.05) is 6.54 Å². The third kappa shape index (κ3) is 3.05. The van der Waals surface area contributed by atoms with Crippen molar-refractivity contribution >= 4 is 0 Å². The van der Waals surface area contributed by atoms with E-state index in [0.29, 0.717) is 5.41 Å².